The van der Waals surface area contributed by atoms with Crippen molar-refractivity contribution in [3.63, 3.8) is 0 Å². The molecule has 0 saturated heterocycles. The first-order valence-electron chi connectivity index (χ1n) is 4.24. The molecular weight excluding hydrogens is 273 g/mol. The molecule has 0 aliphatic heterocycles. The summed E-state index contributed by atoms with van der Waals surface area (Å²) in [5.74, 6) is -0.672. The SMILES string of the molecule is CC(C)OC(=O)c1sc(F)c(N=C=S)c1Cl. The third-order valence-corrected chi connectivity index (χ3v) is 2.99. The van der Waals surface area contributed by atoms with Crippen molar-refractivity contribution in [2.45, 2.75) is 20.0 Å². The van der Waals surface area contributed by atoms with Crippen LogP contribution in [0.15, 0.2) is 4.99 Å². The second-order valence-electron chi connectivity index (χ2n) is 3.02. The third kappa shape index (κ3) is 2.86. The number of thiophene rings is 1. The zero-order valence-electron chi connectivity index (χ0n) is 8.41. The van der Waals surface area contributed by atoms with E-state index in [1.165, 1.54) is 0 Å². The van der Waals surface area contributed by atoms with Gasteiger partial charge in [0, 0.05) is 0 Å². The van der Waals surface area contributed by atoms with Crippen LogP contribution in [0.4, 0.5) is 10.1 Å². The molecule has 0 radical (unpaired) electrons. The Kier molecular flexibility index (Phi) is 4.56. The first-order chi connectivity index (χ1) is 7.47. The number of halogens is 2. The van der Waals surface area contributed by atoms with Gasteiger partial charge in [0.05, 0.1) is 16.3 Å². The molecule has 86 valence electrons. The topological polar surface area (TPSA) is 38.7 Å². The molecule has 0 aliphatic rings. The molecule has 7 heteroatoms. The van der Waals surface area contributed by atoms with Gasteiger partial charge >= 0.3 is 5.97 Å². The van der Waals surface area contributed by atoms with E-state index in [4.69, 9.17) is 16.3 Å². The summed E-state index contributed by atoms with van der Waals surface area (Å²) >= 11 is 10.7. The normalized spacial score (nSPS) is 10.1. The van der Waals surface area contributed by atoms with E-state index in [2.05, 4.69) is 17.2 Å². The molecule has 0 saturated carbocycles. The van der Waals surface area contributed by atoms with E-state index in [0.717, 1.165) is 0 Å². The largest absolute Gasteiger partial charge is 0.459 e. The van der Waals surface area contributed by atoms with Crippen LogP contribution in [-0.4, -0.2) is 17.2 Å². The lowest BCUT2D eigenvalue weighted by Crippen LogP contribution is -2.10. The van der Waals surface area contributed by atoms with Gasteiger partial charge in [-0.15, -0.1) is 0 Å². The lowest BCUT2D eigenvalue weighted by atomic mass is 10.4. The molecule has 1 aromatic rings. The zero-order valence-corrected chi connectivity index (χ0v) is 10.8. The first-order valence-corrected chi connectivity index (χ1v) is 5.84. The fourth-order valence-electron chi connectivity index (χ4n) is 0.914. The summed E-state index contributed by atoms with van der Waals surface area (Å²) in [4.78, 5) is 14.9. The predicted molar refractivity (Wildman–Crippen MR) is 64.5 cm³/mol. The Morgan fingerprint density at radius 1 is 1.69 bits per heavy atom. The van der Waals surface area contributed by atoms with E-state index < -0.39 is 11.1 Å². The maximum atomic E-state index is 13.3. The lowest BCUT2D eigenvalue weighted by Gasteiger charge is -2.05. The van der Waals surface area contributed by atoms with Crippen molar-refractivity contribution in [3.8, 4) is 0 Å². The molecule has 0 aliphatic carbocycles. The number of thiocarbonyl (C=S) groups is 1. The summed E-state index contributed by atoms with van der Waals surface area (Å²) in [5, 5.41) is 1.22. The first kappa shape index (κ1) is 13.3. The lowest BCUT2D eigenvalue weighted by molar-refractivity contribution is 0.0384. The highest BCUT2D eigenvalue weighted by Crippen LogP contribution is 2.38. The van der Waals surface area contributed by atoms with Crippen LogP contribution in [0.25, 0.3) is 0 Å². The molecule has 16 heavy (non-hydrogen) atoms. The van der Waals surface area contributed by atoms with Crippen molar-refractivity contribution in [3.05, 3.63) is 15.0 Å². The van der Waals surface area contributed by atoms with Gasteiger partial charge in [-0.1, -0.05) is 22.9 Å². The Morgan fingerprint density at radius 2 is 2.31 bits per heavy atom. The van der Waals surface area contributed by atoms with Crippen molar-refractivity contribution in [1.82, 2.24) is 0 Å². The highest BCUT2D eigenvalue weighted by molar-refractivity contribution is 7.78. The molecule has 0 N–H and O–H groups in total. The Balaban J connectivity index is 3.12. The summed E-state index contributed by atoms with van der Waals surface area (Å²) in [6.07, 6.45) is -0.300. The number of hydrogen-bond acceptors (Lipinski definition) is 5. The summed E-state index contributed by atoms with van der Waals surface area (Å²) < 4.78 is 18.2. The molecule has 3 nitrogen and oxygen atoms in total. The molecule has 1 rings (SSSR count). The van der Waals surface area contributed by atoms with Gasteiger partial charge in [0.15, 0.2) is 0 Å². The Hall–Kier alpha value is -0.810. The van der Waals surface area contributed by atoms with Crippen LogP contribution >= 0.6 is 35.2 Å². The summed E-state index contributed by atoms with van der Waals surface area (Å²) in [7, 11) is 0. The minimum atomic E-state index is -0.682. The van der Waals surface area contributed by atoms with Crippen molar-refractivity contribution < 1.29 is 13.9 Å². The van der Waals surface area contributed by atoms with E-state index in [-0.39, 0.29) is 21.7 Å². The van der Waals surface area contributed by atoms with Gasteiger partial charge in [-0.25, -0.2) is 4.79 Å². The Bertz CT molecular complexity index is 466. The average molecular weight is 280 g/mol. The number of carbonyl (C=O) groups is 1. The van der Waals surface area contributed by atoms with Gasteiger partial charge in [0.1, 0.15) is 10.6 Å². The van der Waals surface area contributed by atoms with E-state index in [9.17, 15) is 9.18 Å². The molecule has 0 fully saturated rings. The van der Waals surface area contributed by atoms with Gasteiger partial charge in [0.25, 0.3) is 0 Å². The van der Waals surface area contributed by atoms with Gasteiger partial charge in [-0.2, -0.15) is 9.38 Å². The number of esters is 1. The number of aliphatic imine (C=N–C) groups is 1. The quantitative estimate of drug-likeness (QED) is 0.479. The maximum Gasteiger partial charge on any atom is 0.350 e. The molecule has 0 bridgehead atoms. The summed E-state index contributed by atoms with van der Waals surface area (Å²) in [6, 6.07) is 0. The number of isothiocyanates is 1. The van der Waals surface area contributed by atoms with Crippen molar-refractivity contribution >= 4 is 52.0 Å². The molecule has 0 amide bonds. The fraction of sp³-hybridized carbons (Fsp3) is 0.333. The van der Waals surface area contributed by atoms with Crippen LogP contribution in [0.3, 0.4) is 0 Å². The smallest absolute Gasteiger partial charge is 0.350 e. The van der Waals surface area contributed by atoms with E-state index in [1.54, 1.807) is 13.8 Å². The van der Waals surface area contributed by atoms with Gasteiger partial charge in [0.2, 0.25) is 5.13 Å². The van der Waals surface area contributed by atoms with E-state index in [0.29, 0.717) is 11.3 Å². The number of carbonyl (C=O) groups excluding carboxylic acids is 1. The summed E-state index contributed by atoms with van der Waals surface area (Å²) in [5.41, 5.74) is -0.169. The standard InChI is InChI=1S/C9H7ClFNO2S2/c1-4(2)14-9(13)7-5(10)6(12-3-15)8(11)16-7/h4H,1-2H3. The number of rotatable bonds is 3. The highest BCUT2D eigenvalue weighted by atomic mass is 35.5. The monoisotopic (exact) mass is 279 g/mol. The number of hydrogen-bond donors (Lipinski definition) is 0. The van der Waals surface area contributed by atoms with Crippen LogP contribution in [0, 0.1) is 5.13 Å². The van der Waals surface area contributed by atoms with Gasteiger partial charge < -0.3 is 4.74 Å². The summed E-state index contributed by atoms with van der Waals surface area (Å²) in [6.45, 7) is 3.37. The Labute approximate surface area is 106 Å². The third-order valence-electron chi connectivity index (χ3n) is 1.47. The van der Waals surface area contributed by atoms with Crippen molar-refractivity contribution in [1.29, 1.82) is 0 Å². The van der Waals surface area contributed by atoms with Crippen LogP contribution in [0.2, 0.25) is 5.02 Å². The van der Waals surface area contributed by atoms with Crippen LogP contribution < -0.4 is 0 Å². The van der Waals surface area contributed by atoms with Crippen molar-refractivity contribution in [2.75, 3.05) is 0 Å². The van der Waals surface area contributed by atoms with E-state index in [1.807, 2.05) is 5.16 Å². The van der Waals surface area contributed by atoms with Crippen molar-refractivity contribution in [2.24, 2.45) is 4.99 Å². The second kappa shape index (κ2) is 5.50. The molecule has 0 unspecified atom stereocenters. The van der Waals surface area contributed by atoms with Crippen LogP contribution in [-0.2, 0) is 4.74 Å². The fourth-order valence-corrected chi connectivity index (χ4v) is 2.12. The minimum Gasteiger partial charge on any atom is -0.459 e. The maximum absolute atomic E-state index is 13.3. The van der Waals surface area contributed by atoms with Crippen LogP contribution in [0.1, 0.15) is 23.5 Å². The molecule has 1 heterocycles. The molecule has 0 aromatic carbocycles. The number of nitrogens with zero attached hydrogens (tertiary/aromatic N) is 1. The number of ether oxygens (including phenoxy) is 1. The van der Waals surface area contributed by atoms with Gasteiger partial charge in [-0.3, -0.25) is 0 Å². The minimum absolute atomic E-state index is 0.0168. The molecule has 1 aromatic heterocycles. The van der Waals surface area contributed by atoms with E-state index >= 15 is 0 Å². The predicted octanol–water partition coefficient (Wildman–Crippen LogP) is 3.84. The molecule has 0 atom stereocenters. The van der Waals surface area contributed by atoms with Crippen LogP contribution in [0.5, 0.6) is 0 Å². The molecule has 0 spiro atoms. The Morgan fingerprint density at radius 3 is 2.81 bits per heavy atom. The average Bonchev–Trinajstić information content (AvgIpc) is 2.45. The van der Waals surface area contributed by atoms with Gasteiger partial charge in [-0.05, 0) is 26.1 Å². The molecular formula is C9H7ClFNO2S2. The zero-order chi connectivity index (χ0) is 12.3. The highest BCUT2D eigenvalue weighted by Gasteiger charge is 2.23. The second-order valence-corrected chi connectivity index (χ2v) is 4.56.